The van der Waals surface area contributed by atoms with Crippen molar-refractivity contribution in [3.63, 3.8) is 0 Å². The molecule has 10 aliphatic heterocycles. The van der Waals surface area contributed by atoms with Crippen LogP contribution in [0.15, 0.2) is 175 Å². The van der Waals surface area contributed by atoms with E-state index >= 15 is 8.78 Å². The molecular formula is C100H109F3N24O12. The number of piperidine rings is 3. The van der Waals surface area contributed by atoms with Crippen LogP contribution in [-0.2, 0) is 33.3 Å². The van der Waals surface area contributed by atoms with Crippen molar-refractivity contribution in [1.29, 1.82) is 21.0 Å². The molecule has 13 heterocycles. The normalized spacial score (nSPS) is 21.1. The maximum Gasteiger partial charge on any atom is 0.253 e. The molecule has 0 aliphatic carbocycles. The van der Waals surface area contributed by atoms with Crippen molar-refractivity contribution in [2.45, 2.75) is 93.2 Å². The molecule has 9 fully saturated rings. The van der Waals surface area contributed by atoms with Crippen LogP contribution in [0, 0.1) is 45.3 Å². The van der Waals surface area contributed by atoms with E-state index in [0.717, 1.165) is 147 Å². The van der Waals surface area contributed by atoms with Crippen molar-refractivity contribution < 1.29 is 70.6 Å². The van der Waals surface area contributed by atoms with Gasteiger partial charge in [-0.3, -0.25) is 29.1 Å². The van der Waals surface area contributed by atoms with Gasteiger partial charge in [-0.1, -0.05) is 0 Å². The zero-order valence-electron chi connectivity index (χ0n) is 77.2. The van der Waals surface area contributed by atoms with Crippen LogP contribution < -0.4 is 55.3 Å². The Kier molecular flexibility index (Phi) is 31.4. The second-order valence-electron chi connectivity index (χ2n) is 35.3. The number of halogens is 3. The van der Waals surface area contributed by atoms with Gasteiger partial charge >= 0.3 is 0 Å². The summed E-state index contributed by atoms with van der Waals surface area (Å²) in [6.45, 7) is 17.2. The zero-order valence-corrected chi connectivity index (χ0v) is 77.2. The molecule has 722 valence electrons. The number of aliphatic hydroxyl groups excluding tert-OH is 1. The maximum atomic E-state index is 15.2. The van der Waals surface area contributed by atoms with Crippen molar-refractivity contribution >= 4 is 75.1 Å². The lowest BCUT2D eigenvalue weighted by Gasteiger charge is -2.43. The summed E-state index contributed by atoms with van der Waals surface area (Å²) in [7, 11) is 3.05. The van der Waals surface area contributed by atoms with Gasteiger partial charge in [0.05, 0.1) is 120 Å². The highest BCUT2D eigenvalue weighted by Gasteiger charge is 2.40. The number of piperazine rings is 3. The van der Waals surface area contributed by atoms with Gasteiger partial charge in [-0.15, -0.1) is 0 Å². The quantitative estimate of drug-likeness (QED) is 0.0320. The molecular weight excluding hydrogens is 1790 g/mol. The topological polar surface area (TPSA) is 421 Å². The van der Waals surface area contributed by atoms with Crippen molar-refractivity contribution in [3.8, 4) is 81.4 Å². The molecule has 9 saturated heterocycles. The number of aliphatic hydroxyl groups is 1. The predicted molar refractivity (Wildman–Crippen MR) is 511 cm³/mol. The van der Waals surface area contributed by atoms with Crippen LogP contribution in [0.1, 0.15) is 48.8 Å². The molecule has 0 spiro atoms. The fourth-order valence-electron chi connectivity index (χ4n) is 18.1. The number of nitrogens with zero attached hydrogens (tertiary/aromatic N) is 20. The monoisotopic (exact) mass is 1890 g/mol. The number of ether oxygens (including phenoxy) is 8. The number of amidine groups is 1. The lowest BCUT2D eigenvalue weighted by atomic mass is 10.0. The Balaban J connectivity index is 0.000000144. The van der Waals surface area contributed by atoms with Crippen LogP contribution in [0.2, 0.25) is 0 Å². The summed E-state index contributed by atoms with van der Waals surface area (Å²) < 4.78 is 89.5. The highest BCUT2D eigenvalue weighted by Crippen LogP contribution is 2.38. The molecule has 36 nitrogen and oxygen atoms in total. The van der Waals surface area contributed by atoms with Gasteiger partial charge in [0.1, 0.15) is 89.2 Å². The number of nitriles is 4. The lowest BCUT2D eigenvalue weighted by molar-refractivity contribution is -0.146. The number of hydrogen-bond donors (Lipinski definition) is 5. The number of amides is 3. The van der Waals surface area contributed by atoms with Crippen LogP contribution in [-0.4, -0.2) is 327 Å². The average Bonchev–Trinajstić information content (AvgIpc) is 0.940. The number of carbonyl (C=O) groups is 3. The van der Waals surface area contributed by atoms with E-state index in [1.807, 2.05) is 36.4 Å². The molecule has 1 unspecified atom stereocenters. The minimum atomic E-state index is -1.49. The molecule has 9 aromatic rings. The smallest absolute Gasteiger partial charge is 0.253 e. The first kappa shape index (κ1) is 96.3. The van der Waals surface area contributed by atoms with E-state index in [9.17, 15) is 39.7 Å². The molecule has 7 atom stereocenters. The van der Waals surface area contributed by atoms with E-state index in [1.165, 1.54) is 39.4 Å². The molecule has 6 aromatic carbocycles. The van der Waals surface area contributed by atoms with Crippen LogP contribution >= 0.6 is 0 Å². The molecule has 3 aromatic heterocycles. The van der Waals surface area contributed by atoms with E-state index < -0.39 is 54.7 Å². The van der Waals surface area contributed by atoms with E-state index in [2.05, 4.69) is 129 Å². The molecule has 0 saturated carbocycles. The number of nitrogens with two attached hydrogens (primary N) is 1. The molecule has 0 radical (unpaired) electrons. The third-order valence-corrected chi connectivity index (χ3v) is 26.3. The largest absolute Gasteiger partial charge is 0.495 e. The third kappa shape index (κ3) is 23.7. The van der Waals surface area contributed by atoms with E-state index in [1.54, 1.807) is 105 Å². The number of rotatable bonds is 27. The van der Waals surface area contributed by atoms with Crippen LogP contribution in [0.25, 0.3) is 34.2 Å². The summed E-state index contributed by atoms with van der Waals surface area (Å²) in [5.74, 6) is 3.69. The summed E-state index contributed by atoms with van der Waals surface area (Å²) >= 11 is 0. The second kappa shape index (κ2) is 45.3. The number of hydrogen-bond acceptors (Lipinski definition) is 33. The minimum Gasteiger partial charge on any atom is -0.495 e. The summed E-state index contributed by atoms with van der Waals surface area (Å²) in [5, 5.41) is 58.2. The van der Waals surface area contributed by atoms with Crippen molar-refractivity contribution in [3.05, 3.63) is 187 Å². The van der Waals surface area contributed by atoms with E-state index in [4.69, 9.17) is 48.9 Å². The number of likely N-dealkylation sites (tertiary alicyclic amines) is 3. The Hall–Kier alpha value is -14.4. The van der Waals surface area contributed by atoms with Gasteiger partial charge in [0, 0.05) is 213 Å². The number of aliphatic imine (C=N–C) groups is 1. The van der Waals surface area contributed by atoms with Gasteiger partial charge in [-0.05, 0) is 133 Å². The highest BCUT2D eigenvalue weighted by atomic mass is 19.1. The highest BCUT2D eigenvalue weighted by molar-refractivity contribution is 6.02. The van der Waals surface area contributed by atoms with Gasteiger partial charge < -0.3 is 94.1 Å². The molecule has 6 N–H and O–H groups in total. The summed E-state index contributed by atoms with van der Waals surface area (Å²) in [6, 6.07) is 52.8. The van der Waals surface area contributed by atoms with Crippen molar-refractivity contribution in [2.75, 3.05) is 209 Å². The van der Waals surface area contributed by atoms with Crippen molar-refractivity contribution in [2.24, 2.45) is 10.7 Å². The lowest BCUT2D eigenvalue weighted by Crippen LogP contribution is -2.56. The third-order valence-electron chi connectivity index (χ3n) is 26.3. The first-order valence-electron chi connectivity index (χ1n) is 46.7. The zero-order chi connectivity index (χ0) is 96.4. The van der Waals surface area contributed by atoms with Gasteiger partial charge in [-0.2, -0.15) is 21.0 Å². The van der Waals surface area contributed by atoms with Crippen LogP contribution in [0.4, 0.5) is 64.7 Å². The number of anilines is 9. The summed E-state index contributed by atoms with van der Waals surface area (Å²) in [5.41, 5.74) is 14.7. The van der Waals surface area contributed by atoms with Gasteiger partial charge in [0.2, 0.25) is 5.91 Å². The van der Waals surface area contributed by atoms with E-state index in [0.29, 0.717) is 87.7 Å². The predicted octanol–water partition coefficient (Wildman–Crippen LogP) is 9.37. The van der Waals surface area contributed by atoms with Gasteiger partial charge in [0.25, 0.3) is 11.8 Å². The summed E-state index contributed by atoms with van der Waals surface area (Å²) in [6.07, 6.45) is -1.03. The van der Waals surface area contributed by atoms with Gasteiger partial charge in [-0.25, -0.2) is 48.1 Å². The molecule has 139 heavy (non-hydrogen) atoms. The number of benzene rings is 6. The Bertz CT molecular complexity index is 6070. The van der Waals surface area contributed by atoms with E-state index in [-0.39, 0.29) is 111 Å². The number of alkyl halides is 3. The van der Waals surface area contributed by atoms with Crippen LogP contribution in [0.3, 0.4) is 0 Å². The average molecular weight is 1900 g/mol. The maximum absolute atomic E-state index is 15.2. The SMILES string of the molecule is COCC(O)C(=O)N1CC[C@H](Oc2ccc(-c3nccc(Nc4ccc(N5CCN(C6COC6)CC5)cc4)n3)cc2C#N)[C@H](F)C1.COc1cc(Nc2ccnc(-c3ccc(O[C@H]4CCN(C(=O)CC#N)C[C@H]4F)c(C#N)c3)n2)ccc1N1CCN(C2COC2)CC1.N#Cc1cc(-c2nccc(Nc3ccc(N4CCN(C5COC5)CC4)cc3)n2)ccc1O[C@H]1CCN(C(=O)C2=CN=C(N)C2)C[C@H]1F. The first-order valence-corrected chi connectivity index (χ1v) is 46.7. The molecule has 19 rings (SSSR count). The molecule has 0 bridgehead atoms. The standard InChI is InChI=1S/C34H36FN9O3.C33H35FN8O4.C33H38FN7O5/c35-28-19-44(34(45)24-16-31(37)39-18-24)10-8-30(28)47-29-6-1-22(15-23(29)17-36)33-38-9-7-32(41-33)40-25-2-4-26(5-3-25)42-11-13-43(14-12-42)27-20-46-21-27;1-44-30-17-24(3-4-27(30)41-14-12-40(13-15-41)25-20-45-21-25)38-31-7-10-37-33(39-31)22-2-5-28(23(16-22)18-36)46-29-8-11-42(19-26(29)34)32(43)6-9-35;1-44-21-28(42)33(43)41-11-9-30(27(34)18-41)46-29-7-2-22(16-23(29)17-35)32-36-10-8-31(38-32)37-24-3-5-25(6-4-24)39-12-14-40(15-13-39)26-19-45-20-26/h1-7,9,15,18,27-28,30H,8,10-14,16,19-21H2,(H2,37,39)(H,38,40,41);2-5,7,10,16-17,25-26,29H,6,8,11-15,19-21H2,1H3,(H,37,38,39);2-8,10,16,26-28,30,42H,9,11-15,18-21H2,1H3,(H,36,37,38)/t28-,30+;26-,29+;27-,28?,30+/m111/s1. The molecule has 39 heteroatoms. The molecule has 3 amide bonds. The Labute approximate surface area is 802 Å². The molecule has 10 aliphatic rings. The number of nitrogens with one attached hydrogen (secondary N) is 3. The Morgan fingerprint density at radius 2 is 0.863 bits per heavy atom. The fraction of sp³-hybridized carbons (Fsp3) is 0.420. The fourth-order valence-corrected chi connectivity index (χ4v) is 18.1. The number of methoxy groups -OCH3 is 2. The first-order chi connectivity index (χ1) is 67.8. The second-order valence-corrected chi connectivity index (χ2v) is 35.3. The van der Waals surface area contributed by atoms with Crippen molar-refractivity contribution in [1.82, 2.24) is 59.3 Å². The minimum absolute atomic E-state index is 0.107. The Morgan fingerprint density at radius 3 is 1.24 bits per heavy atom. The van der Waals surface area contributed by atoms with Gasteiger partial charge in [0.15, 0.2) is 42.1 Å². The number of carbonyl (C=O) groups excluding carboxylic acids is 3. The summed E-state index contributed by atoms with van der Waals surface area (Å²) in [4.78, 5) is 86.9. The van der Waals surface area contributed by atoms with Crippen LogP contribution in [0.5, 0.6) is 23.0 Å². The Morgan fingerprint density at radius 1 is 0.475 bits per heavy atom. The number of aromatic nitrogens is 6.